The lowest BCUT2D eigenvalue weighted by molar-refractivity contribution is -0.135. The summed E-state index contributed by atoms with van der Waals surface area (Å²) in [5, 5.41) is 3.85. The third-order valence-electron chi connectivity index (χ3n) is 5.17. The second-order valence-electron chi connectivity index (χ2n) is 7.30. The van der Waals surface area contributed by atoms with E-state index in [2.05, 4.69) is 54.2 Å². The van der Waals surface area contributed by atoms with Crippen LogP contribution in [0.2, 0.25) is 0 Å². The molecule has 2 heterocycles. The number of hydrogen-bond donors (Lipinski definition) is 0. The first kappa shape index (κ1) is 17.7. The first-order valence-corrected chi connectivity index (χ1v) is 8.95. The van der Waals surface area contributed by atoms with Crippen LogP contribution in [0.3, 0.4) is 0 Å². The Bertz CT molecular complexity index is 660. The van der Waals surface area contributed by atoms with Crippen LogP contribution in [0.15, 0.2) is 47.2 Å². The molecule has 0 radical (unpaired) electrons. The van der Waals surface area contributed by atoms with Gasteiger partial charge in [0.05, 0.1) is 12.1 Å². The number of piperidine rings is 1. The number of rotatable bonds is 5. The van der Waals surface area contributed by atoms with E-state index in [-0.39, 0.29) is 11.9 Å². The van der Waals surface area contributed by atoms with Crippen molar-refractivity contribution >= 4 is 5.91 Å². The van der Waals surface area contributed by atoms with Gasteiger partial charge in [0.15, 0.2) is 0 Å². The molecule has 1 aliphatic heterocycles. The Kier molecular flexibility index (Phi) is 5.53. The molecule has 0 bridgehead atoms. The van der Waals surface area contributed by atoms with Gasteiger partial charge in [0.1, 0.15) is 6.26 Å². The lowest BCUT2D eigenvalue weighted by Gasteiger charge is -2.45. The predicted molar refractivity (Wildman–Crippen MR) is 96.8 cm³/mol. The summed E-state index contributed by atoms with van der Waals surface area (Å²) in [6.07, 6.45) is 1.81. The van der Waals surface area contributed by atoms with E-state index in [1.807, 2.05) is 11.9 Å². The van der Waals surface area contributed by atoms with Crippen LogP contribution in [-0.4, -0.2) is 47.0 Å². The molecular formula is C20H27N3O2. The van der Waals surface area contributed by atoms with E-state index in [4.69, 9.17) is 4.52 Å². The number of carbonyl (C=O) groups excluding carboxylic acids is 1. The third kappa shape index (κ3) is 4.28. The number of benzene rings is 1. The van der Waals surface area contributed by atoms with Crippen molar-refractivity contribution in [1.82, 2.24) is 15.0 Å². The fraction of sp³-hybridized carbons (Fsp3) is 0.500. The first-order valence-electron chi connectivity index (χ1n) is 8.95. The van der Waals surface area contributed by atoms with Crippen LogP contribution in [0, 0.1) is 11.8 Å². The molecule has 0 saturated carbocycles. The molecule has 1 amide bonds. The summed E-state index contributed by atoms with van der Waals surface area (Å²) >= 11 is 0. The number of aromatic nitrogens is 1. The average Bonchev–Trinajstić information content (AvgIpc) is 3.08. The van der Waals surface area contributed by atoms with Crippen LogP contribution < -0.4 is 0 Å². The van der Waals surface area contributed by atoms with Crippen LogP contribution in [0.4, 0.5) is 0 Å². The number of amides is 1. The van der Waals surface area contributed by atoms with E-state index >= 15 is 0 Å². The highest BCUT2D eigenvalue weighted by atomic mass is 16.5. The van der Waals surface area contributed by atoms with E-state index in [0.717, 1.165) is 19.6 Å². The Morgan fingerprint density at radius 2 is 1.88 bits per heavy atom. The standard InChI is InChI=1S/C20H27N3O2/c1-15-12-23(14-17-7-5-4-6-8-17)13-16(2)20(15)22(3)19(24)11-18-9-10-25-21-18/h4-10,15-16,20H,11-14H2,1-3H3. The fourth-order valence-corrected chi connectivity index (χ4v) is 4.17. The second kappa shape index (κ2) is 7.83. The molecule has 5 nitrogen and oxygen atoms in total. The van der Waals surface area contributed by atoms with Crippen molar-refractivity contribution in [2.45, 2.75) is 32.9 Å². The summed E-state index contributed by atoms with van der Waals surface area (Å²) in [4.78, 5) is 17.0. The predicted octanol–water partition coefficient (Wildman–Crippen LogP) is 2.83. The van der Waals surface area contributed by atoms with Crippen molar-refractivity contribution in [3.05, 3.63) is 53.9 Å². The van der Waals surface area contributed by atoms with Crippen molar-refractivity contribution in [1.29, 1.82) is 0 Å². The summed E-state index contributed by atoms with van der Waals surface area (Å²) in [5.74, 6) is 0.964. The van der Waals surface area contributed by atoms with Gasteiger partial charge in [-0.1, -0.05) is 49.3 Å². The zero-order valence-corrected chi connectivity index (χ0v) is 15.3. The van der Waals surface area contributed by atoms with E-state index in [1.54, 1.807) is 6.07 Å². The molecule has 1 saturated heterocycles. The zero-order chi connectivity index (χ0) is 17.8. The number of likely N-dealkylation sites (N-methyl/N-ethyl adjacent to an activating group) is 1. The van der Waals surface area contributed by atoms with Gasteiger partial charge in [-0.25, -0.2) is 0 Å². The molecule has 0 N–H and O–H groups in total. The van der Waals surface area contributed by atoms with E-state index < -0.39 is 0 Å². The highest BCUT2D eigenvalue weighted by molar-refractivity contribution is 5.78. The lowest BCUT2D eigenvalue weighted by atomic mass is 9.84. The van der Waals surface area contributed by atoms with Gasteiger partial charge in [0.25, 0.3) is 0 Å². The molecule has 25 heavy (non-hydrogen) atoms. The van der Waals surface area contributed by atoms with Gasteiger partial charge in [-0.15, -0.1) is 0 Å². The smallest absolute Gasteiger partial charge is 0.228 e. The van der Waals surface area contributed by atoms with E-state index in [1.165, 1.54) is 11.8 Å². The highest BCUT2D eigenvalue weighted by Gasteiger charge is 2.36. The number of carbonyl (C=O) groups is 1. The third-order valence-corrected chi connectivity index (χ3v) is 5.17. The van der Waals surface area contributed by atoms with Crippen LogP contribution in [0.5, 0.6) is 0 Å². The Labute approximate surface area is 149 Å². The largest absolute Gasteiger partial charge is 0.364 e. The average molecular weight is 341 g/mol. The highest BCUT2D eigenvalue weighted by Crippen LogP contribution is 2.27. The summed E-state index contributed by atoms with van der Waals surface area (Å²) in [6, 6.07) is 12.6. The SMILES string of the molecule is CC1CN(Cc2ccccc2)CC(C)C1N(C)C(=O)Cc1ccon1. The molecule has 134 valence electrons. The number of nitrogens with zero attached hydrogens (tertiary/aromatic N) is 3. The van der Waals surface area contributed by atoms with Crippen LogP contribution >= 0.6 is 0 Å². The second-order valence-corrected chi connectivity index (χ2v) is 7.30. The van der Waals surface area contributed by atoms with Crippen LogP contribution in [-0.2, 0) is 17.8 Å². The molecule has 0 spiro atoms. The van der Waals surface area contributed by atoms with Gasteiger partial charge in [-0.2, -0.15) is 0 Å². The summed E-state index contributed by atoms with van der Waals surface area (Å²) in [7, 11) is 1.92. The van der Waals surface area contributed by atoms with Crippen LogP contribution in [0.25, 0.3) is 0 Å². The maximum atomic E-state index is 12.6. The van der Waals surface area contributed by atoms with Gasteiger partial charge in [0.2, 0.25) is 5.91 Å². The van der Waals surface area contributed by atoms with Gasteiger partial charge in [-0.3, -0.25) is 9.69 Å². The maximum Gasteiger partial charge on any atom is 0.228 e. The molecule has 5 heteroatoms. The van der Waals surface area contributed by atoms with Crippen molar-refractivity contribution in [3.63, 3.8) is 0 Å². The van der Waals surface area contributed by atoms with Gasteiger partial charge >= 0.3 is 0 Å². The summed E-state index contributed by atoms with van der Waals surface area (Å²) in [6.45, 7) is 7.48. The summed E-state index contributed by atoms with van der Waals surface area (Å²) in [5.41, 5.74) is 2.04. The molecule has 3 rings (SSSR count). The molecule has 2 atom stereocenters. The minimum Gasteiger partial charge on any atom is -0.364 e. The zero-order valence-electron chi connectivity index (χ0n) is 15.3. The molecule has 2 aromatic rings. The van der Waals surface area contributed by atoms with Crippen LogP contribution in [0.1, 0.15) is 25.1 Å². The van der Waals surface area contributed by atoms with E-state index in [9.17, 15) is 4.79 Å². The fourth-order valence-electron chi connectivity index (χ4n) is 4.17. The first-order chi connectivity index (χ1) is 12.0. The normalized spacial score (nSPS) is 24.2. The van der Waals surface area contributed by atoms with Crippen molar-refractivity contribution < 1.29 is 9.32 Å². The Balaban J connectivity index is 1.60. The molecule has 1 aliphatic rings. The van der Waals surface area contributed by atoms with Gasteiger partial charge in [0, 0.05) is 38.8 Å². The molecular weight excluding hydrogens is 314 g/mol. The quantitative estimate of drug-likeness (QED) is 0.839. The molecule has 2 unspecified atom stereocenters. The molecule has 1 aromatic heterocycles. The monoisotopic (exact) mass is 341 g/mol. The Hall–Kier alpha value is -2.14. The number of likely N-dealkylation sites (tertiary alicyclic amines) is 1. The minimum atomic E-state index is 0.106. The molecule has 1 fully saturated rings. The molecule has 1 aromatic carbocycles. The topological polar surface area (TPSA) is 49.6 Å². The minimum absolute atomic E-state index is 0.106. The maximum absolute atomic E-state index is 12.6. The molecule has 0 aliphatic carbocycles. The number of hydrogen-bond acceptors (Lipinski definition) is 4. The van der Waals surface area contributed by atoms with Crippen molar-refractivity contribution in [3.8, 4) is 0 Å². The Morgan fingerprint density at radius 1 is 1.20 bits per heavy atom. The van der Waals surface area contributed by atoms with Gasteiger partial charge in [-0.05, 0) is 17.4 Å². The van der Waals surface area contributed by atoms with E-state index in [0.29, 0.717) is 24.0 Å². The van der Waals surface area contributed by atoms with Crippen molar-refractivity contribution in [2.24, 2.45) is 11.8 Å². The van der Waals surface area contributed by atoms with Crippen molar-refractivity contribution in [2.75, 3.05) is 20.1 Å². The lowest BCUT2D eigenvalue weighted by Crippen LogP contribution is -2.55. The summed E-state index contributed by atoms with van der Waals surface area (Å²) < 4.78 is 4.83. The Morgan fingerprint density at radius 3 is 2.48 bits per heavy atom. The van der Waals surface area contributed by atoms with Gasteiger partial charge < -0.3 is 9.42 Å².